The van der Waals surface area contributed by atoms with Crippen LogP contribution in [-0.2, 0) is 4.74 Å². The molecule has 0 saturated carbocycles. The van der Waals surface area contributed by atoms with Crippen molar-refractivity contribution in [1.29, 1.82) is 0 Å². The fourth-order valence-electron chi connectivity index (χ4n) is 3.98. The van der Waals surface area contributed by atoms with E-state index >= 15 is 0 Å². The van der Waals surface area contributed by atoms with Gasteiger partial charge in [0, 0.05) is 12.7 Å². The smallest absolute Gasteiger partial charge is 0.227 e. The van der Waals surface area contributed by atoms with Crippen molar-refractivity contribution in [2.45, 2.75) is 83.7 Å². The Hall–Kier alpha value is -1.29. The van der Waals surface area contributed by atoms with Gasteiger partial charge in [-0.15, -0.1) is 0 Å². The first kappa shape index (κ1) is 19.0. The van der Waals surface area contributed by atoms with Crippen LogP contribution in [0.4, 0.5) is 0 Å². The Morgan fingerprint density at radius 2 is 1.79 bits per heavy atom. The molecule has 0 bridgehead atoms. The first-order chi connectivity index (χ1) is 11.6. The number of H-pyrrole nitrogens is 1. The molecule has 24 heavy (non-hydrogen) atoms. The lowest BCUT2D eigenvalue weighted by molar-refractivity contribution is 0.0791. The van der Waals surface area contributed by atoms with Crippen LogP contribution in [0.25, 0.3) is 0 Å². The van der Waals surface area contributed by atoms with E-state index in [0.717, 1.165) is 36.2 Å². The highest BCUT2D eigenvalue weighted by atomic mass is 16.5. The van der Waals surface area contributed by atoms with Crippen molar-refractivity contribution in [2.75, 3.05) is 14.2 Å². The zero-order valence-corrected chi connectivity index (χ0v) is 15.7. The summed E-state index contributed by atoms with van der Waals surface area (Å²) in [6, 6.07) is 0. The SMILES string of the molecule is CCCCCCCCC1CCC(OC)c2[nH]c(C)c(OC)c(=O)c21. The predicted octanol–water partition coefficient (Wildman–Crippen LogP) is 5.01. The molecule has 136 valence electrons. The Balaban J connectivity index is 2.14. The lowest BCUT2D eigenvalue weighted by Crippen LogP contribution is -2.27. The Morgan fingerprint density at radius 1 is 1.08 bits per heavy atom. The third-order valence-electron chi connectivity index (χ3n) is 5.31. The van der Waals surface area contributed by atoms with Gasteiger partial charge in [-0.05, 0) is 32.1 Å². The number of hydrogen-bond acceptors (Lipinski definition) is 3. The molecule has 0 amide bonds. The molecule has 0 aliphatic heterocycles. The number of aromatic amines is 1. The fourth-order valence-corrected chi connectivity index (χ4v) is 3.98. The van der Waals surface area contributed by atoms with E-state index in [1.807, 2.05) is 6.92 Å². The summed E-state index contributed by atoms with van der Waals surface area (Å²) in [6.07, 6.45) is 10.8. The molecule has 0 spiro atoms. The number of unbranched alkanes of at least 4 members (excludes halogenated alkanes) is 5. The van der Waals surface area contributed by atoms with E-state index in [4.69, 9.17) is 9.47 Å². The van der Waals surface area contributed by atoms with Gasteiger partial charge in [0.2, 0.25) is 5.43 Å². The van der Waals surface area contributed by atoms with Gasteiger partial charge in [0.1, 0.15) is 0 Å². The van der Waals surface area contributed by atoms with E-state index in [0.29, 0.717) is 11.7 Å². The van der Waals surface area contributed by atoms with Crippen LogP contribution >= 0.6 is 0 Å². The highest BCUT2D eigenvalue weighted by Crippen LogP contribution is 2.40. The molecule has 2 atom stereocenters. The van der Waals surface area contributed by atoms with E-state index in [-0.39, 0.29) is 11.5 Å². The summed E-state index contributed by atoms with van der Waals surface area (Å²) in [5.41, 5.74) is 2.73. The minimum absolute atomic E-state index is 0.00175. The van der Waals surface area contributed by atoms with E-state index in [2.05, 4.69) is 11.9 Å². The number of hydrogen-bond donors (Lipinski definition) is 1. The highest BCUT2D eigenvalue weighted by Gasteiger charge is 2.31. The normalized spacial score (nSPS) is 20.0. The van der Waals surface area contributed by atoms with E-state index in [9.17, 15) is 4.79 Å². The van der Waals surface area contributed by atoms with Gasteiger partial charge in [0.05, 0.1) is 24.6 Å². The molecular formula is C20H33NO3. The molecule has 0 fully saturated rings. The van der Waals surface area contributed by atoms with Gasteiger partial charge in [-0.2, -0.15) is 0 Å². The Labute approximate surface area is 146 Å². The maximum Gasteiger partial charge on any atom is 0.227 e. The van der Waals surface area contributed by atoms with Crippen molar-refractivity contribution in [3.8, 4) is 5.75 Å². The molecule has 1 aliphatic rings. The van der Waals surface area contributed by atoms with Crippen LogP contribution in [0.3, 0.4) is 0 Å². The third-order valence-corrected chi connectivity index (χ3v) is 5.31. The van der Waals surface area contributed by atoms with Crippen LogP contribution in [0.15, 0.2) is 4.79 Å². The zero-order chi connectivity index (χ0) is 17.5. The molecule has 2 rings (SSSR count). The van der Waals surface area contributed by atoms with Gasteiger partial charge < -0.3 is 14.5 Å². The van der Waals surface area contributed by atoms with Gasteiger partial charge in [0.25, 0.3) is 0 Å². The van der Waals surface area contributed by atoms with E-state index in [1.54, 1.807) is 14.2 Å². The first-order valence-electron chi connectivity index (χ1n) is 9.47. The van der Waals surface area contributed by atoms with E-state index in [1.165, 1.54) is 38.5 Å². The summed E-state index contributed by atoms with van der Waals surface area (Å²) in [5.74, 6) is 0.786. The molecule has 0 saturated heterocycles. The average molecular weight is 335 g/mol. The Morgan fingerprint density at radius 3 is 2.46 bits per heavy atom. The lowest BCUT2D eigenvalue weighted by atomic mass is 9.80. The van der Waals surface area contributed by atoms with Gasteiger partial charge in [0.15, 0.2) is 5.75 Å². The van der Waals surface area contributed by atoms with Gasteiger partial charge >= 0.3 is 0 Å². The average Bonchev–Trinajstić information content (AvgIpc) is 2.58. The predicted molar refractivity (Wildman–Crippen MR) is 98.1 cm³/mol. The Bertz CT molecular complexity index is 579. The Kier molecular flexibility index (Phi) is 7.35. The van der Waals surface area contributed by atoms with Crippen molar-refractivity contribution in [1.82, 2.24) is 4.98 Å². The molecule has 2 unspecified atom stereocenters. The molecule has 1 aromatic heterocycles. The first-order valence-corrected chi connectivity index (χ1v) is 9.47. The second-order valence-electron chi connectivity index (χ2n) is 6.99. The molecule has 1 N–H and O–H groups in total. The van der Waals surface area contributed by atoms with Crippen LogP contribution < -0.4 is 10.2 Å². The molecular weight excluding hydrogens is 302 g/mol. The van der Waals surface area contributed by atoms with Crippen LogP contribution in [0.5, 0.6) is 5.75 Å². The number of pyridine rings is 1. The second kappa shape index (κ2) is 9.26. The zero-order valence-electron chi connectivity index (χ0n) is 15.7. The van der Waals surface area contributed by atoms with Crippen LogP contribution in [-0.4, -0.2) is 19.2 Å². The largest absolute Gasteiger partial charge is 0.491 e. The van der Waals surface area contributed by atoms with Crippen LogP contribution in [0.2, 0.25) is 0 Å². The number of nitrogens with one attached hydrogen (secondary N) is 1. The van der Waals surface area contributed by atoms with Crippen molar-refractivity contribution in [3.05, 3.63) is 27.2 Å². The van der Waals surface area contributed by atoms with Crippen LogP contribution in [0, 0.1) is 6.92 Å². The monoisotopic (exact) mass is 335 g/mol. The van der Waals surface area contributed by atoms with Gasteiger partial charge in [-0.25, -0.2) is 0 Å². The number of fused-ring (bicyclic) bond motifs is 1. The highest BCUT2D eigenvalue weighted by molar-refractivity contribution is 5.39. The molecule has 4 nitrogen and oxygen atoms in total. The van der Waals surface area contributed by atoms with Gasteiger partial charge in [-0.3, -0.25) is 4.79 Å². The minimum atomic E-state index is -0.00175. The summed E-state index contributed by atoms with van der Waals surface area (Å²) >= 11 is 0. The summed E-state index contributed by atoms with van der Waals surface area (Å²) in [6.45, 7) is 4.14. The number of aryl methyl sites for hydroxylation is 1. The molecule has 1 heterocycles. The van der Waals surface area contributed by atoms with Crippen molar-refractivity contribution >= 4 is 0 Å². The maximum absolute atomic E-state index is 12.9. The van der Waals surface area contributed by atoms with Gasteiger partial charge in [-0.1, -0.05) is 45.4 Å². The standard InChI is InChI=1S/C20H33NO3/c1-5-6-7-8-9-10-11-15-12-13-16(23-3)18-17(15)19(22)20(24-4)14(2)21-18/h15-16H,5-13H2,1-4H3,(H,21,22). The molecule has 1 aliphatic carbocycles. The van der Waals surface area contributed by atoms with Crippen molar-refractivity contribution in [3.63, 3.8) is 0 Å². The fraction of sp³-hybridized carbons (Fsp3) is 0.750. The van der Waals surface area contributed by atoms with E-state index < -0.39 is 0 Å². The lowest BCUT2D eigenvalue weighted by Gasteiger charge is -2.31. The van der Waals surface area contributed by atoms with Crippen molar-refractivity contribution in [2.24, 2.45) is 0 Å². The quantitative estimate of drug-likeness (QED) is 0.646. The second-order valence-corrected chi connectivity index (χ2v) is 6.99. The maximum atomic E-state index is 12.9. The number of ether oxygens (including phenoxy) is 2. The molecule has 0 aromatic carbocycles. The van der Waals surface area contributed by atoms with Crippen molar-refractivity contribution < 1.29 is 9.47 Å². The summed E-state index contributed by atoms with van der Waals surface area (Å²) in [5, 5.41) is 0. The molecule has 1 aromatic rings. The number of rotatable bonds is 9. The summed E-state index contributed by atoms with van der Waals surface area (Å²) in [4.78, 5) is 16.3. The third kappa shape index (κ3) is 4.21. The molecule has 0 radical (unpaired) electrons. The van der Waals surface area contributed by atoms with Crippen LogP contribution in [0.1, 0.15) is 93.7 Å². The minimum Gasteiger partial charge on any atom is -0.491 e. The number of aromatic nitrogens is 1. The summed E-state index contributed by atoms with van der Waals surface area (Å²) in [7, 11) is 3.30. The summed E-state index contributed by atoms with van der Waals surface area (Å²) < 4.78 is 11.0. The number of methoxy groups -OCH3 is 2. The molecule has 4 heteroatoms. The topological polar surface area (TPSA) is 51.3 Å².